The molecule has 2 aliphatic rings. The smallest absolute Gasteiger partial charge is 0.325 e. The van der Waals surface area contributed by atoms with Crippen LogP contribution in [0.5, 0.6) is 5.75 Å². The molecule has 1 amide bonds. The normalized spacial score (nSPS) is 17.1. The highest BCUT2D eigenvalue weighted by molar-refractivity contribution is 7.51. The fraction of sp³-hybridized carbons (Fsp3) is 0.409. The Hall–Kier alpha value is -2.72. The van der Waals surface area contributed by atoms with E-state index in [9.17, 15) is 9.36 Å². The van der Waals surface area contributed by atoms with Crippen LogP contribution in [0, 0.1) is 0 Å². The van der Waals surface area contributed by atoms with Crippen LogP contribution in [0.2, 0.25) is 0 Å². The van der Waals surface area contributed by atoms with Crippen molar-refractivity contribution in [3.63, 3.8) is 0 Å². The molecule has 4 heterocycles. The van der Waals surface area contributed by atoms with E-state index in [0.29, 0.717) is 37.4 Å². The van der Waals surface area contributed by atoms with Crippen molar-refractivity contribution >= 4 is 35.7 Å². The molecule has 10 nitrogen and oxygen atoms in total. The third kappa shape index (κ3) is 4.74. The molecule has 0 atom stereocenters. The van der Waals surface area contributed by atoms with Gasteiger partial charge in [0, 0.05) is 30.3 Å². The molecule has 0 saturated heterocycles. The summed E-state index contributed by atoms with van der Waals surface area (Å²) < 4.78 is 18.6. The average Bonchev–Trinajstić information content (AvgIpc) is 3.38. The van der Waals surface area contributed by atoms with Crippen LogP contribution in [-0.2, 0) is 17.5 Å². The lowest BCUT2D eigenvalue weighted by atomic mass is 9.94. The van der Waals surface area contributed by atoms with Crippen LogP contribution in [0.4, 0.5) is 10.8 Å². The number of rotatable bonds is 6. The van der Waals surface area contributed by atoms with Crippen LogP contribution in [0.1, 0.15) is 35.6 Å². The highest BCUT2D eigenvalue weighted by Gasteiger charge is 2.34. The third-order valence-corrected chi connectivity index (χ3v) is 7.83. The van der Waals surface area contributed by atoms with E-state index >= 15 is 0 Å². The molecule has 0 spiro atoms. The van der Waals surface area contributed by atoms with Gasteiger partial charge in [0.25, 0.3) is 5.91 Å². The van der Waals surface area contributed by atoms with E-state index in [4.69, 9.17) is 19.5 Å². The second kappa shape index (κ2) is 8.49. The number of aromatic nitrogens is 3. The van der Waals surface area contributed by atoms with Gasteiger partial charge >= 0.3 is 7.60 Å². The van der Waals surface area contributed by atoms with Crippen molar-refractivity contribution in [3.05, 3.63) is 41.2 Å². The van der Waals surface area contributed by atoms with E-state index in [1.807, 2.05) is 38.2 Å². The van der Waals surface area contributed by atoms with Gasteiger partial charge in [-0.25, -0.2) is 4.98 Å². The summed E-state index contributed by atoms with van der Waals surface area (Å²) >= 11 is 1.40. The molecule has 34 heavy (non-hydrogen) atoms. The number of carbonyl (C=O) groups excluding carboxylic acids is 1. The minimum absolute atomic E-state index is 0.0802. The summed E-state index contributed by atoms with van der Waals surface area (Å²) in [7, 11) is -4.01. The Morgan fingerprint density at radius 2 is 2.12 bits per heavy atom. The highest BCUT2D eigenvalue weighted by atomic mass is 32.1. The molecule has 0 bridgehead atoms. The van der Waals surface area contributed by atoms with Crippen molar-refractivity contribution in [2.45, 2.75) is 38.8 Å². The van der Waals surface area contributed by atoms with Crippen LogP contribution in [0.25, 0.3) is 11.1 Å². The third-order valence-electron chi connectivity index (χ3n) is 5.81. The minimum atomic E-state index is -4.01. The Bertz CT molecular complexity index is 1300. The first kappa shape index (κ1) is 23.0. The van der Waals surface area contributed by atoms with Crippen molar-refractivity contribution in [1.82, 2.24) is 20.1 Å². The van der Waals surface area contributed by atoms with E-state index in [-0.39, 0.29) is 17.6 Å². The molecule has 1 aromatic carbocycles. The minimum Gasteiger partial charge on any atom is -0.490 e. The number of carbonyl (C=O) groups is 1. The van der Waals surface area contributed by atoms with Crippen LogP contribution < -0.4 is 15.0 Å². The molecule has 2 aliphatic heterocycles. The summed E-state index contributed by atoms with van der Waals surface area (Å²) in [4.78, 5) is 38.2. The Morgan fingerprint density at radius 1 is 1.29 bits per heavy atom. The van der Waals surface area contributed by atoms with Gasteiger partial charge in [0.15, 0.2) is 5.13 Å². The maximum absolute atomic E-state index is 12.6. The Balaban J connectivity index is 1.41. The van der Waals surface area contributed by atoms with Crippen molar-refractivity contribution in [2.24, 2.45) is 0 Å². The lowest BCUT2D eigenvalue weighted by Gasteiger charge is -2.29. The molecule has 0 radical (unpaired) electrons. The van der Waals surface area contributed by atoms with E-state index in [0.717, 1.165) is 33.4 Å². The van der Waals surface area contributed by atoms with Crippen molar-refractivity contribution in [3.8, 4) is 16.9 Å². The molecule has 3 N–H and O–H groups in total. The number of aryl methyl sites for hydroxylation is 1. The molecule has 5 rings (SSSR count). The van der Waals surface area contributed by atoms with E-state index in [1.165, 1.54) is 11.3 Å². The number of fused-ring (bicyclic) bond motifs is 2. The first-order valence-electron chi connectivity index (χ1n) is 11.0. The summed E-state index contributed by atoms with van der Waals surface area (Å²) in [5, 5.41) is 8.14. The molecule has 12 heteroatoms. The fourth-order valence-electron chi connectivity index (χ4n) is 4.25. The number of anilines is 2. The summed E-state index contributed by atoms with van der Waals surface area (Å²) in [6.07, 6.45) is 4.46. The Labute approximate surface area is 200 Å². The molecule has 180 valence electrons. The second-order valence-electron chi connectivity index (χ2n) is 9.20. The van der Waals surface area contributed by atoms with Gasteiger partial charge in [0.1, 0.15) is 17.2 Å². The fourth-order valence-corrected chi connectivity index (χ4v) is 5.82. The van der Waals surface area contributed by atoms with E-state index < -0.39 is 7.60 Å². The Morgan fingerprint density at radius 3 is 2.91 bits per heavy atom. The van der Waals surface area contributed by atoms with Crippen molar-refractivity contribution in [2.75, 3.05) is 24.2 Å². The van der Waals surface area contributed by atoms with Crippen LogP contribution in [0.3, 0.4) is 0 Å². The number of nitrogens with one attached hydrogen (secondary N) is 1. The quantitative estimate of drug-likeness (QED) is 0.438. The summed E-state index contributed by atoms with van der Waals surface area (Å²) in [5.74, 6) is 0.672. The maximum atomic E-state index is 12.6. The van der Waals surface area contributed by atoms with E-state index in [2.05, 4.69) is 15.3 Å². The summed E-state index contributed by atoms with van der Waals surface area (Å²) in [6, 6.07) is 5.91. The van der Waals surface area contributed by atoms with Crippen LogP contribution in [-0.4, -0.2) is 55.3 Å². The standard InChI is InChI=1S/C22H26N5O5PS/c1-22(2)11-16-19(20(28)25-22)34-21(24-16)27-7-8-32-18-5-4-14(10-17(18)27)15-12-23-26(13-15)6-3-9-33(29,30)31/h4-5,10,12-13H,3,6-9,11H2,1-2H3,(H,25,28)(H2,29,30,31). The molecule has 3 aromatic rings. The lowest BCUT2D eigenvalue weighted by Crippen LogP contribution is -2.48. The number of hydrogen-bond acceptors (Lipinski definition) is 7. The highest BCUT2D eigenvalue weighted by Crippen LogP contribution is 2.42. The van der Waals surface area contributed by atoms with Gasteiger partial charge in [-0.2, -0.15) is 5.10 Å². The Kier molecular flexibility index (Phi) is 5.76. The predicted molar refractivity (Wildman–Crippen MR) is 129 cm³/mol. The number of thiazole rings is 1. The van der Waals surface area contributed by atoms with Gasteiger partial charge in [-0.15, -0.1) is 0 Å². The first-order chi connectivity index (χ1) is 16.1. The number of nitrogens with zero attached hydrogens (tertiary/aromatic N) is 4. The summed E-state index contributed by atoms with van der Waals surface area (Å²) in [5.41, 5.74) is 3.22. The molecule has 0 fully saturated rings. The molecular weight excluding hydrogens is 477 g/mol. The van der Waals surface area contributed by atoms with Gasteiger partial charge in [0.05, 0.1) is 30.3 Å². The first-order valence-corrected chi connectivity index (χ1v) is 13.6. The number of ether oxygens (including phenoxy) is 1. The number of hydrogen-bond donors (Lipinski definition) is 3. The predicted octanol–water partition coefficient (Wildman–Crippen LogP) is 3.17. The monoisotopic (exact) mass is 503 g/mol. The molecular formula is C22H26N5O5PS. The molecule has 0 saturated carbocycles. The van der Waals surface area contributed by atoms with E-state index in [1.54, 1.807) is 10.9 Å². The maximum Gasteiger partial charge on any atom is 0.325 e. The van der Waals surface area contributed by atoms with Gasteiger partial charge in [0.2, 0.25) is 0 Å². The van der Waals surface area contributed by atoms with Gasteiger partial charge < -0.3 is 24.7 Å². The molecule has 2 aromatic heterocycles. The number of amides is 1. The van der Waals surface area contributed by atoms with Gasteiger partial charge in [-0.1, -0.05) is 17.4 Å². The van der Waals surface area contributed by atoms with Crippen molar-refractivity contribution in [1.29, 1.82) is 0 Å². The largest absolute Gasteiger partial charge is 0.490 e. The lowest BCUT2D eigenvalue weighted by molar-refractivity contribution is 0.0900. The average molecular weight is 504 g/mol. The van der Waals surface area contributed by atoms with Crippen molar-refractivity contribution < 1.29 is 23.9 Å². The SMILES string of the molecule is CC1(C)Cc2nc(N3CCOc4ccc(-c5cnn(CCCP(=O)(O)O)c5)cc43)sc2C(=O)N1. The zero-order chi connectivity index (χ0) is 24.1. The van der Waals surface area contributed by atoms with Crippen LogP contribution >= 0.6 is 18.9 Å². The summed E-state index contributed by atoms with van der Waals surface area (Å²) in [6.45, 7) is 5.56. The second-order valence-corrected chi connectivity index (χ2v) is 12.0. The zero-order valence-corrected chi connectivity index (χ0v) is 20.6. The number of benzene rings is 1. The molecule has 0 unspecified atom stereocenters. The van der Waals surface area contributed by atoms with Gasteiger partial charge in [-0.05, 0) is 38.0 Å². The topological polar surface area (TPSA) is 130 Å². The molecule has 0 aliphatic carbocycles. The van der Waals surface area contributed by atoms with Gasteiger partial charge in [-0.3, -0.25) is 14.0 Å². The van der Waals surface area contributed by atoms with Crippen LogP contribution in [0.15, 0.2) is 30.6 Å². The zero-order valence-electron chi connectivity index (χ0n) is 18.9.